The minimum absolute atomic E-state index is 0.245. The van der Waals surface area contributed by atoms with Crippen LogP contribution in [0.15, 0.2) is 25.9 Å². The summed E-state index contributed by atoms with van der Waals surface area (Å²) in [6.07, 6.45) is 0. The van der Waals surface area contributed by atoms with Crippen molar-refractivity contribution in [1.29, 1.82) is 0 Å². The second-order valence-electron chi connectivity index (χ2n) is 3.61. The van der Waals surface area contributed by atoms with Gasteiger partial charge in [0, 0.05) is 5.56 Å². The van der Waals surface area contributed by atoms with E-state index in [1.807, 2.05) is 32.9 Å². The predicted molar refractivity (Wildman–Crippen MR) is 54.7 cm³/mol. The average Bonchev–Trinajstić information content (AvgIpc) is 2.49. The van der Waals surface area contributed by atoms with Gasteiger partial charge in [-0.3, -0.25) is 4.52 Å². The van der Waals surface area contributed by atoms with Crippen LogP contribution in [0.4, 0.5) is 0 Å². The molecule has 2 aromatic rings. The third kappa shape index (κ3) is 1.70. The Morgan fingerprint density at radius 3 is 2.20 bits per heavy atom. The fourth-order valence-corrected chi connectivity index (χ4v) is 1.81. The summed E-state index contributed by atoms with van der Waals surface area (Å²) >= 11 is 0. The van der Waals surface area contributed by atoms with Gasteiger partial charge >= 0.3 is 5.82 Å². The molecule has 4 heteroatoms. The molecule has 78 valence electrons. The van der Waals surface area contributed by atoms with Crippen LogP contribution >= 0.6 is 0 Å². The first-order chi connectivity index (χ1) is 7.08. The molecule has 4 nitrogen and oxygen atoms in total. The Kier molecular flexibility index (Phi) is 2.19. The van der Waals surface area contributed by atoms with Crippen molar-refractivity contribution in [3.05, 3.63) is 39.4 Å². The van der Waals surface area contributed by atoms with Crippen LogP contribution in [0.1, 0.15) is 16.7 Å². The van der Waals surface area contributed by atoms with Crippen LogP contribution in [-0.2, 0) is 0 Å². The Morgan fingerprint density at radius 1 is 1.13 bits per heavy atom. The van der Waals surface area contributed by atoms with Crippen molar-refractivity contribution >= 4 is 0 Å². The van der Waals surface area contributed by atoms with Crippen LogP contribution in [0.5, 0.6) is 0 Å². The zero-order chi connectivity index (χ0) is 11.0. The number of hydrogen-bond acceptors (Lipinski definition) is 4. The van der Waals surface area contributed by atoms with Crippen LogP contribution in [0, 0.1) is 20.8 Å². The normalized spacial score (nSPS) is 10.6. The van der Waals surface area contributed by atoms with E-state index >= 15 is 0 Å². The van der Waals surface area contributed by atoms with Gasteiger partial charge in [0.1, 0.15) is 0 Å². The van der Waals surface area contributed by atoms with E-state index in [0.29, 0.717) is 0 Å². The summed E-state index contributed by atoms with van der Waals surface area (Å²) in [5.74, 6) is -0.528. The summed E-state index contributed by atoms with van der Waals surface area (Å²) in [6.45, 7) is 5.91. The summed E-state index contributed by atoms with van der Waals surface area (Å²) in [5, 5.41) is 3.58. The number of rotatable bonds is 1. The van der Waals surface area contributed by atoms with Crippen molar-refractivity contribution in [3.8, 4) is 11.5 Å². The standard InChI is InChI=1S/C11H11NO3/c1-6-4-7(2)9(8(3)5-6)10-12-15-11(13)14-10/h4-5H,1-3H3. The van der Waals surface area contributed by atoms with Gasteiger partial charge < -0.3 is 4.42 Å². The third-order valence-corrected chi connectivity index (χ3v) is 2.27. The van der Waals surface area contributed by atoms with Crippen molar-refractivity contribution < 1.29 is 8.94 Å². The lowest BCUT2D eigenvalue weighted by Crippen LogP contribution is -1.90. The second-order valence-corrected chi connectivity index (χ2v) is 3.61. The van der Waals surface area contributed by atoms with E-state index < -0.39 is 5.82 Å². The Morgan fingerprint density at radius 2 is 1.73 bits per heavy atom. The van der Waals surface area contributed by atoms with Gasteiger partial charge in [-0.15, -0.1) is 0 Å². The Labute approximate surface area is 86.5 Å². The molecule has 1 heterocycles. The highest BCUT2D eigenvalue weighted by molar-refractivity contribution is 5.63. The second kappa shape index (κ2) is 3.38. The molecule has 0 atom stereocenters. The van der Waals surface area contributed by atoms with Crippen LogP contribution in [0.25, 0.3) is 11.5 Å². The number of aromatic nitrogens is 1. The molecule has 0 unspecified atom stereocenters. The van der Waals surface area contributed by atoms with Crippen LogP contribution in [0.3, 0.4) is 0 Å². The predicted octanol–water partition coefficient (Wildman–Crippen LogP) is 2.22. The van der Waals surface area contributed by atoms with Gasteiger partial charge in [-0.05, 0) is 37.1 Å². The molecule has 0 fully saturated rings. The minimum Gasteiger partial charge on any atom is -0.370 e. The lowest BCUT2D eigenvalue weighted by atomic mass is 10.00. The lowest BCUT2D eigenvalue weighted by molar-refractivity contribution is 0.335. The molecule has 0 aliphatic rings. The summed E-state index contributed by atoms with van der Waals surface area (Å²) in [5.41, 5.74) is 4.03. The highest BCUT2D eigenvalue weighted by Crippen LogP contribution is 2.25. The van der Waals surface area contributed by atoms with Crippen molar-refractivity contribution in [3.63, 3.8) is 0 Å². The third-order valence-electron chi connectivity index (χ3n) is 2.27. The first kappa shape index (κ1) is 9.71. The van der Waals surface area contributed by atoms with E-state index in [1.54, 1.807) is 0 Å². The van der Waals surface area contributed by atoms with Crippen molar-refractivity contribution in [2.45, 2.75) is 20.8 Å². The molecule has 0 aliphatic heterocycles. The van der Waals surface area contributed by atoms with E-state index in [1.165, 1.54) is 5.56 Å². The molecule has 15 heavy (non-hydrogen) atoms. The first-order valence-electron chi connectivity index (χ1n) is 4.63. The molecule has 1 aromatic carbocycles. The molecule has 0 saturated carbocycles. The fraction of sp³-hybridized carbons (Fsp3) is 0.273. The number of nitrogens with zero attached hydrogens (tertiary/aromatic N) is 1. The van der Waals surface area contributed by atoms with Crippen molar-refractivity contribution in [2.24, 2.45) is 0 Å². The van der Waals surface area contributed by atoms with Crippen LogP contribution < -0.4 is 5.82 Å². The maximum Gasteiger partial charge on any atom is 0.542 e. The molecular weight excluding hydrogens is 194 g/mol. The summed E-state index contributed by atoms with van der Waals surface area (Å²) in [6, 6.07) is 4.02. The van der Waals surface area contributed by atoms with Gasteiger partial charge in [-0.1, -0.05) is 17.7 Å². The number of benzene rings is 1. The van der Waals surface area contributed by atoms with E-state index in [0.717, 1.165) is 16.7 Å². The van der Waals surface area contributed by atoms with Gasteiger partial charge in [0.2, 0.25) is 0 Å². The zero-order valence-electron chi connectivity index (χ0n) is 8.83. The highest BCUT2D eigenvalue weighted by atomic mass is 16.6. The largest absolute Gasteiger partial charge is 0.542 e. The average molecular weight is 205 g/mol. The van der Waals surface area contributed by atoms with Gasteiger partial charge in [-0.2, -0.15) is 0 Å². The van der Waals surface area contributed by atoms with Crippen molar-refractivity contribution in [1.82, 2.24) is 5.16 Å². The molecule has 0 amide bonds. The summed E-state index contributed by atoms with van der Waals surface area (Å²) in [7, 11) is 0. The summed E-state index contributed by atoms with van der Waals surface area (Å²) in [4.78, 5) is 10.8. The number of aryl methyl sites for hydroxylation is 3. The lowest BCUT2D eigenvalue weighted by Gasteiger charge is -2.06. The van der Waals surface area contributed by atoms with Crippen LogP contribution in [-0.4, -0.2) is 5.16 Å². The Balaban J connectivity index is 2.67. The van der Waals surface area contributed by atoms with Gasteiger partial charge in [0.15, 0.2) is 0 Å². The van der Waals surface area contributed by atoms with Crippen molar-refractivity contribution in [2.75, 3.05) is 0 Å². The monoisotopic (exact) mass is 205 g/mol. The summed E-state index contributed by atoms with van der Waals surface area (Å²) < 4.78 is 9.22. The number of hydrogen-bond donors (Lipinski definition) is 0. The first-order valence-corrected chi connectivity index (χ1v) is 4.63. The van der Waals surface area contributed by atoms with Crippen LogP contribution in [0.2, 0.25) is 0 Å². The maximum atomic E-state index is 10.8. The van der Waals surface area contributed by atoms with Gasteiger partial charge in [0.05, 0.1) is 0 Å². The molecule has 2 rings (SSSR count). The molecule has 0 spiro atoms. The molecule has 0 aliphatic carbocycles. The molecule has 1 aromatic heterocycles. The van der Waals surface area contributed by atoms with E-state index in [-0.39, 0.29) is 5.89 Å². The SMILES string of the molecule is Cc1cc(C)c(-c2noc(=O)o2)c(C)c1. The molecule has 0 N–H and O–H groups in total. The topological polar surface area (TPSA) is 56.2 Å². The maximum absolute atomic E-state index is 10.8. The van der Waals surface area contributed by atoms with E-state index in [2.05, 4.69) is 9.68 Å². The van der Waals surface area contributed by atoms with E-state index in [4.69, 9.17) is 4.42 Å². The highest BCUT2D eigenvalue weighted by Gasteiger charge is 2.13. The minimum atomic E-state index is -0.774. The fourth-order valence-electron chi connectivity index (χ4n) is 1.81. The Hall–Kier alpha value is -1.84. The molecular formula is C11H11NO3. The zero-order valence-corrected chi connectivity index (χ0v) is 8.83. The van der Waals surface area contributed by atoms with Gasteiger partial charge in [0.25, 0.3) is 5.89 Å². The Bertz CT molecular complexity index is 528. The van der Waals surface area contributed by atoms with E-state index in [9.17, 15) is 4.79 Å². The molecule has 0 saturated heterocycles. The van der Waals surface area contributed by atoms with Gasteiger partial charge in [-0.25, -0.2) is 4.79 Å². The molecule has 0 bridgehead atoms. The quantitative estimate of drug-likeness (QED) is 0.716. The smallest absolute Gasteiger partial charge is 0.370 e. The molecule has 0 radical (unpaired) electrons.